The van der Waals surface area contributed by atoms with Gasteiger partial charge in [0.1, 0.15) is 11.6 Å². The Labute approximate surface area is 114 Å². The minimum atomic E-state index is -0.471. The lowest BCUT2D eigenvalue weighted by molar-refractivity contribution is 0.0514. The molecule has 0 aliphatic rings. The molecule has 0 aliphatic heterocycles. The van der Waals surface area contributed by atoms with Crippen LogP contribution in [-0.4, -0.2) is 32.9 Å². The first-order chi connectivity index (χ1) is 9.11. The van der Waals surface area contributed by atoms with Crippen molar-refractivity contribution in [2.45, 2.75) is 31.7 Å². The number of aromatic amines is 1. The van der Waals surface area contributed by atoms with Crippen LogP contribution in [0.4, 0.5) is 0 Å². The fourth-order valence-electron chi connectivity index (χ4n) is 1.44. The van der Waals surface area contributed by atoms with Crippen molar-refractivity contribution in [2.24, 2.45) is 0 Å². The standard InChI is InChI=1S/C11H14N4O3S/c1-4-17-10(16)9-8(6(2)18-15-9)5-19-11-12-7(3)13-14-11/h4-5H2,1-3H3,(H,12,13,14). The fourth-order valence-corrected chi connectivity index (χ4v) is 2.37. The van der Waals surface area contributed by atoms with Crippen LogP contribution in [0, 0.1) is 13.8 Å². The second kappa shape index (κ2) is 5.87. The number of carbonyl (C=O) groups excluding carboxylic acids is 1. The van der Waals surface area contributed by atoms with Crippen molar-refractivity contribution in [1.82, 2.24) is 20.3 Å². The zero-order valence-electron chi connectivity index (χ0n) is 10.9. The predicted molar refractivity (Wildman–Crippen MR) is 67.9 cm³/mol. The number of aryl methyl sites for hydroxylation is 2. The summed E-state index contributed by atoms with van der Waals surface area (Å²) < 4.78 is 9.97. The van der Waals surface area contributed by atoms with Gasteiger partial charge in [-0.3, -0.25) is 5.10 Å². The van der Waals surface area contributed by atoms with Gasteiger partial charge in [-0.05, 0) is 20.8 Å². The van der Waals surface area contributed by atoms with Gasteiger partial charge < -0.3 is 9.26 Å². The molecule has 0 unspecified atom stereocenters. The molecule has 2 aromatic heterocycles. The Hall–Kier alpha value is -1.83. The largest absolute Gasteiger partial charge is 0.461 e. The van der Waals surface area contributed by atoms with E-state index in [1.807, 2.05) is 6.92 Å². The summed E-state index contributed by atoms with van der Waals surface area (Å²) in [5.41, 5.74) is 0.935. The lowest BCUT2D eigenvalue weighted by Crippen LogP contribution is -2.07. The minimum absolute atomic E-state index is 0.221. The van der Waals surface area contributed by atoms with E-state index in [9.17, 15) is 4.79 Å². The van der Waals surface area contributed by atoms with E-state index < -0.39 is 5.97 Å². The summed E-state index contributed by atoms with van der Waals surface area (Å²) >= 11 is 1.40. The summed E-state index contributed by atoms with van der Waals surface area (Å²) in [6.45, 7) is 5.63. The maximum absolute atomic E-state index is 11.7. The number of esters is 1. The SMILES string of the molecule is CCOC(=O)c1noc(C)c1CSc1n[nH]c(C)n1. The van der Waals surface area contributed by atoms with Crippen molar-refractivity contribution in [3.8, 4) is 0 Å². The highest BCUT2D eigenvalue weighted by Crippen LogP contribution is 2.24. The zero-order valence-corrected chi connectivity index (χ0v) is 11.7. The molecule has 0 amide bonds. The normalized spacial score (nSPS) is 10.7. The molecule has 102 valence electrons. The number of hydrogen-bond acceptors (Lipinski definition) is 7. The first-order valence-electron chi connectivity index (χ1n) is 5.76. The molecule has 7 nitrogen and oxygen atoms in total. The Bertz CT molecular complexity index is 578. The van der Waals surface area contributed by atoms with Gasteiger partial charge in [-0.15, -0.1) is 5.10 Å². The third-order valence-electron chi connectivity index (χ3n) is 2.38. The van der Waals surface area contributed by atoms with E-state index in [0.717, 1.165) is 5.82 Å². The van der Waals surface area contributed by atoms with Crippen LogP contribution in [0.25, 0.3) is 0 Å². The summed E-state index contributed by atoms with van der Waals surface area (Å²) in [5, 5.41) is 11.1. The third kappa shape index (κ3) is 3.14. The van der Waals surface area contributed by atoms with E-state index in [1.54, 1.807) is 13.8 Å². The zero-order chi connectivity index (χ0) is 13.8. The van der Waals surface area contributed by atoms with Crippen LogP contribution >= 0.6 is 11.8 Å². The molecule has 0 atom stereocenters. The van der Waals surface area contributed by atoms with Crippen molar-refractivity contribution < 1.29 is 14.1 Å². The van der Waals surface area contributed by atoms with Gasteiger partial charge in [0.15, 0.2) is 5.69 Å². The second-order valence-electron chi connectivity index (χ2n) is 3.78. The summed E-state index contributed by atoms with van der Waals surface area (Å²) in [7, 11) is 0. The first kappa shape index (κ1) is 13.6. The van der Waals surface area contributed by atoms with E-state index >= 15 is 0 Å². The Kier molecular flexibility index (Phi) is 4.20. The summed E-state index contributed by atoms with van der Waals surface area (Å²) in [6, 6.07) is 0. The number of H-pyrrole nitrogens is 1. The monoisotopic (exact) mass is 282 g/mol. The van der Waals surface area contributed by atoms with Gasteiger partial charge in [-0.2, -0.15) is 0 Å². The van der Waals surface area contributed by atoms with E-state index in [4.69, 9.17) is 9.26 Å². The molecule has 0 radical (unpaired) electrons. The molecule has 2 rings (SSSR count). The highest BCUT2D eigenvalue weighted by Gasteiger charge is 2.21. The lowest BCUT2D eigenvalue weighted by Gasteiger charge is -2.00. The molecule has 0 aromatic carbocycles. The molecule has 19 heavy (non-hydrogen) atoms. The van der Waals surface area contributed by atoms with Gasteiger partial charge in [-0.1, -0.05) is 16.9 Å². The molecule has 2 aromatic rings. The van der Waals surface area contributed by atoms with Gasteiger partial charge in [0, 0.05) is 11.3 Å². The van der Waals surface area contributed by atoms with Gasteiger partial charge >= 0.3 is 5.97 Å². The van der Waals surface area contributed by atoms with Crippen LogP contribution in [0.2, 0.25) is 0 Å². The number of carbonyl (C=O) groups is 1. The van der Waals surface area contributed by atoms with Gasteiger partial charge in [0.2, 0.25) is 5.16 Å². The molecular weight excluding hydrogens is 268 g/mol. The van der Waals surface area contributed by atoms with E-state index in [2.05, 4.69) is 20.3 Å². The minimum Gasteiger partial charge on any atom is -0.461 e. The molecule has 0 fully saturated rings. The van der Waals surface area contributed by atoms with Crippen molar-refractivity contribution >= 4 is 17.7 Å². The highest BCUT2D eigenvalue weighted by atomic mass is 32.2. The van der Waals surface area contributed by atoms with Crippen molar-refractivity contribution in [1.29, 1.82) is 0 Å². The number of ether oxygens (including phenoxy) is 1. The number of nitrogens with one attached hydrogen (secondary N) is 1. The topological polar surface area (TPSA) is 93.9 Å². The number of nitrogens with zero attached hydrogens (tertiary/aromatic N) is 3. The molecule has 1 N–H and O–H groups in total. The third-order valence-corrected chi connectivity index (χ3v) is 3.25. The number of hydrogen-bond donors (Lipinski definition) is 1. The maximum atomic E-state index is 11.7. The quantitative estimate of drug-likeness (QED) is 0.661. The van der Waals surface area contributed by atoms with Crippen molar-refractivity contribution in [2.75, 3.05) is 6.61 Å². The highest BCUT2D eigenvalue weighted by molar-refractivity contribution is 7.98. The van der Waals surface area contributed by atoms with Gasteiger partial charge in [-0.25, -0.2) is 9.78 Å². The number of rotatable bonds is 5. The second-order valence-corrected chi connectivity index (χ2v) is 4.72. The van der Waals surface area contributed by atoms with Gasteiger partial charge in [0.25, 0.3) is 0 Å². The number of aromatic nitrogens is 4. The van der Waals surface area contributed by atoms with Crippen LogP contribution < -0.4 is 0 Å². The summed E-state index contributed by atoms with van der Waals surface area (Å²) in [6.07, 6.45) is 0. The van der Waals surface area contributed by atoms with Crippen molar-refractivity contribution in [3.63, 3.8) is 0 Å². The Balaban J connectivity index is 2.11. The van der Waals surface area contributed by atoms with Crippen LogP contribution in [0.3, 0.4) is 0 Å². The first-order valence-corrected chi connectivity index (χ1v) is 6.74. The molecule has 0 saturated carbocycles. The smallest absolute Gasteiger partial charge is 0.360 e. The molecule has 8 heteroatoms. The number of thioether (sulfide) groups is 1. The molecular formula is C11H14N4O3S. The van der Waals surface area contributed by atoms with Gasteiger partial charge in [0.05, 0.1) is 6.61 Å². The van der Waals surface area contributed by atoms with Crippen molar-refractivity contribution in [3.05, 3.63) is 22.8 Å². The Morgan fingerprint density at radius 1 is 1.47 bits per heavy atom. The molecule has 0 saturated heterocycles. The van der Waals surface area contributed by atoms with Crippen LogP contribution in [-0.2, 0) is 10.5 Å². The lowest BCUT2D eigenvalue weighted by atomic mass is 10.2. The predicted octanol–water partition coefficient (Wildman–Crippen LogP) is 1.88. The Morgan fingerprint density at radius 3 is 2.89 bits per heavy atom. The molecule has 0 bridgehead atoms. The maximum Gasteiger partial charge on any atom is 0.360 e. The van der Waals surface area contributed by atoms with E-state index in [-0.39, 0.29) is 5.69 Å². The molecule has 0 spiro atoms. The van der Waals surface area contributed by atoms with Crippen LogP contribution in [0.15, 0.2) is 9.68 Å². The van der Waals surface area contributed by atoms with E-state index in [0.29, 0.717) is 28.8 Å². The average molecular weight is 282 g/mol. The average Bonchev–Trinajstić information content (AvgIpc) is 2.94. The van der Waals surface area contributed by atoms with Crippen LogP contribution in [0.1, 0.15) is 34.6 Å². The summed E-state index contributed by atoms with van der Waals surface area (Å²) in [5.74, 6) is 1.37. The van der Waals surface area contributed by atoms with E-state index in [1.165, 1.54) is 11.8 Å². The fraction of sp³-hybridized carbons (Fsp3) is 0.455. The van der Waals surface area contributed by atoms with Crippen LogP contribution in [0.5, 0.6) is 0 Å². The molecule has 2 heterocycles. The summed E-state index contributed by atoms with van der Waals surface area (Å²) in [4.78, 5) is 15.9. The molecule has 0 aliphatic carbocycles. The Morgan fingerprint density at radius 2 is 2.26 bits per heavy atom.